The number of esters is 1. The number of carbonyl (C=O) groups is 4. The lowest BCUT2D eigenvalue weighted by atomic mass is 9.90. The molecule has 214 valence electrons. The van der Waals surface area contributed by atoms with Gasteiger partial charge in [-0.25, -0.2) is 4.79 Å². The van der Waals surface area contributed by atoms with Crippen LogP contribution in [0.5, 0.6) is 5.75 Å². The molecule has 0 aliphatic heterocycles. The molecule has 1 rings (SSSR count). The van der Waals surface area contributed by atoms with Gasteiger partial charge in [-0.3, -0.25) is 14.4 Å². The van der Waals surface area contributed by atoms with E-state index in [0.29, 0.717) is 12.0 Å². The number of hydrogen-bond acceptors (Lipinski definition) is 7. The molecule has 10 nitrogen and oxygen atoms in total. The van der Waals surface area contributed by atoms with Crippen LogP contribution >= 0.6 is 0 Å². The second kappa shape index (κ2) is 14.0. The molecule has 2 unspecified atom stereocenters. The highest BCUT2D eigenvalue weighted by Crippen LogP contribution is 2.33. The number of nitrogens with zero attached hydrogens (tertiary/aromatic N) is 1. The third-order valence-electron chi connectivity index (χ3n) is 6.01. The first kappa shape index (κ1) is 32.7. The molecule has 3 N–H and O–H groups in total. The molecule has 1 aromatic carbocycles. The Hall–Kier alpha value is -3.30. The van der Waals surface area contributed by atoms with E-state index < -0.39 is 47.1 Å². The summed E-state index contributed by atoms with van der Waals surface area (Å²) in [4.78, 5) is 53.7. The summed E-state index contributed by atoms with van der Waals surface area (Å²) >= 11 is 0. The van der Waals surface area contributed by atoms with Crippen LogP contribution in [0.15, 0.2) is 24.3 Å². The van der Waals surface area contributed by atoms with Crippen molar-refractivity contribution in [3.05, 3.63) is 29.8 Å². The summed E-state index contributed by atoms with van der Waals surface area (Å²) in [5, 5.41) is 15.3. The van der Waals surface area contributed by atoms with E-state index >= 15 is 0 Å². The van der Waals surface area contributed by atoms with Crippen molar-refractivity contribution in [2.45, 2.75) is 98.4 Å². The smallest absolute Gasteiger partial charge is 0.408 e. The molecule has 0 fully saturated rings. The molecule has 0 heterocycles. The monoisotopic (exact) mass is 535 g/mol. The van der Waals surface area contributed by atoms with Crippen molar-refractivity contribution in [2.24, 2.45) is 5.92 Å². The predicted octanol–water partition coefficient (Wildman–Crippen LogP) is 4.07. The quantitative estimate of drug-likeness (QED) is 0.344. The van der Waals surface area contributed by atoms with E-state index in [1.54, 1.807) is 53.7 Å². The molecule has 1 aromatic rings. The summed E-state index contributed by atoms with van der Waals surface area (Å²) in [5.74, 6) is -1.73. The Bertz CT molecular complexity index is 952. The Morgan fingerprint density at radius 3 is 2.05 bits per heavy atom. The standard InChI is InChI=1S/C28H45N3O7/c1-10-28(8,9)31(25(35)22(18(3)4)30-26(36)38-27(5,6)7)23(19-12-14-20(32)15-13-19)24(34)29-17-16-21(33)37-11-2/h12-15,18,22-23,32H,10-11,16-17H2,1-9H3,(H,29,34)(H,30,36). The number of alkyl carbamates (subject to hydrolysis) is 1. The lowest BCUT2D eigenvalue weighted by Crippen LogP contribution is -2.60. The van der Waals surface area contributed by atoms with E-state index in [1.165, 1.54) is 17.0 Å². The molecule has 0 bridgehead atoms. The maximum atomic E-state index is 14.2. The molecule has 0 aliphatic carbocycles. The van der Waals surface area contributed by atoms with Crippen LogP contribution in [-0.4, -0.2) is 64.2 Å². The van der Waals surface area contributed by atoms with E-state index in [0.717, 1.165) is 0 Å². The topological polar surface area (TPSA) is 134 Å². The third-order valence-corrected chi connectivity index (χ3v) is 6.01. The number of hydrogen-bond donors (Lipinski definition) is 3. The number of ether oxygens (including phenoxy) is 2. The molecule has 0 saturated heterocycles. The van der Waals surface area contributed by atoms with Gasteiger partial charge in [0.05, 0.1) is 13.0 Å². The normalized spacial score (nSPS) is 13.3. The van der Waals surface area contributed by atoms with Crippen LogP contribution in [0.25, 0.3) is 0 Å². The maximum absolute atomic E-state index is 14.2. The molecule has 0 aliphatic rings. The first-order valence-electron chi connectivity index (χ1n) is 13.1. The van der Waals surface area contributed by atoms with Gasteiger partial charge in [0, 0.05) is 12.1 Å². The van der Waals surface area contributed by atoms with E-state index in [4.69, 9.17) is 9.47 Å². The Kier molecular flexibility index (Phi) is 12.1. The molecule has 3 amide bonds. The largest absolute Gasteiger partial charge is 0.508 e. The summed E-state index contributed by atoms with van der Waals surface area (Å²) in [6, 6.07) is 3.93. The molecule has 0 saturated carbocycles. The third kappa shape index (κ3) is 9.87. The van der Waals surface area contributed by atoms with Crippen LogP contribution in [0.3, 0.4) is 0 Å². The Morgan fingerprint density at radius 1 is 1.00 bits per heavy atom. The second-order valence-electron chi connectivity index (χ2n) is 11.1. The molecular formula is C28H45N3O7. The van der Waals surface area contributed by atoms with Gasteiger partial charge >= 0.3 is 12.1 Å². The number of phenolic OH excluding ortho intramolecular Hbond substituents is 1. The lowest BCUT2D eigenvalue weighted by Gasteiger charge is -2.45. The fourth-order valence-electron chi connectivity index (χ4n) is 3.74. The molecular weight excluding hydrogens is 490 g/mol. The molecule has 0 radical (unpaired) electrons. The minimum absolute atomic E-state index is 0.00879. The molecule has 0 spiro atoms. The second-order valence-corrected chi connectivity index (χ2v) is 11.1. The summed E-state index contributed by atoms with van der Waals surface area (Å²) < 4.78 is 10.3. The highest BCUT2D eigenvalue weighted by molar-refractivity contribution is 5.93. The van der Waals surface area contributed by atoms with E-state index in [9.17, 15) is 24.3 Å². The zero-order chi connectivity index (χ0) is 29.3. The molecule has 2 atom stereocenters. The van der Waals surface area contributed by atoms with Crippen LogP contribution in [-0.2, 0) is 23.9 Å². The number of aromatic hydroxyl groups is 1. The number of benzene rings is 1. The van der Waals surface area contributed by atoms with E-state index in [1.807, 2.05) is 20.8 Å². The minimum atomic E-state index is -1.11. The fourth-order valence-corrected chi connectivity index (χ4v) is 3.74. The van der Waals surface area contributed by atoms with Crippen molar-refractivity contribution in [3.8, 4) is 5.75 Å². The lowest BCUT2D eigenvalue weighted by molar-refractivity contribution is -0.150. The van der Waals surface area contributed by atoms with Crippen molar-refractivity contribution >= 4 is 23.9 Å². The Balaban J connectivity index is 3.51. The zero-order valence-electron chi connectivity index (χ0n) is 24.2. The van der Waals surface area contributed by atoms with Crippen molar-refractivity contribution < 1.29 is 33.8 Å². The van der Waals surface area contributed by atoms with Crippen molar-refractivity contribution in [1.29, 1.82) is 0 Å². The average molecular weight is 536 g/mol. The number of rotatable bonds is 12. The predicted molar refractivity (Wildman–Crippen MR) is 144 cm³/mol. The number of carbonyl (C=O) groups excluding carboxylic acids is 4. The SMILES string of the molecule is CCOC(=O)CCNC(=O)C(c1ccc(O)cc1)N(C(=O)C(NC(=O)OC(C)(C)C)C(C)C)C(C)(C)CC. The first-order valence-corrected chi connectivity index (χ1v) is 13.1. The minimum Gasteiger partial charge on any atom is -0.508 e. The van der Waals surface area contributed by atoms with E-state index in [2.05, 4.69) is 10.6 Å². The van der Waals surface area contributed by atoms with Gasteiger partial charge in [-0.2, -0.15) is 0 Å². The average Bonchev–Trinajstić information content (AvgIpc) is 2.80. The molecule has 10 heteroatoms. The van der Waals surface area contributed by atoms with Gasteiger partial charge < -0.3 is 30.1 Å². The highest BCUT2D eigenvalue weighted by Gasteiger charge is 2.43. The van der Waals surface area contributed by atoms with Crippen LogP contribution in [0.4, 0.5) is 4.79 Å². The van der Waals surface area contributed by atoms with Crippen LogP contribution < -0.4 is 10.6 Å². The number of amides is 3. The van der Waals surface area contributed by atoms with E-state index in [-0.39, 0.29) is 31.2 Å². The first-order chi connectivity index (χ1) is 17.5. The summed E-state index contributed by atoms with van der Waals surface area (Å²) in [5.41, 5.74) is -1.11. The Morgan fingerprint density at radius 2 is 1.58 bits per heavy atom. The van der Waals surface area contributed by atoms with Gasteiger partial charge in [-0.1, -0.05) is 32.9 Å². The van der Waals surface area contributed by atoms with Gasteiger partial charge in [0.2, 0.25) is 11.8 Å². The maximum Gasteiger partial charge on any atom is 0.408 e. The summed E-state index contributed by atoms with van der Waals surface area (Å²) in [6.07, 6.45) is -0.262. The van der Waals surface area contributed by atoms with Crippen molar-refractivity contribution in [3.63, 3.8) is 0 Å². The van der Waals surface area contributed by atoms with Crippen LogP contribution in [0.2, 0.25) is 0 Å². The molecule has 38 heavy (non-hydrogen) atoms. The summed E-state index contributed by atoms with van der Waals surface area (Å²) in [6.45, 7) is 16.3. The number of phenols is 1. The molecule has 0 aromatic heterocycles. The van der Waals surface area contributed by atoms with Gasteiger partial charge in [0.25, 0.3) is 0 Å². The van der Waals surface area contributed by atoms with Crippen molar-refractivity contribution in [2.75, 3.05) is 13.2 Å². The zero-order valence-corrected chi connectivity index (χ0v) is 24.2. The Labute approximate surface area is 226 Å². The highest BCUT2D eigenvalue weighted by atomic mass is 16.6. The fraction of sp³-hybridized carbons (Fsp3) is 0.643. The van der Waals surface area contributed by atoms with Gasteiger partial charge in [-0.15, -0.1) is 0 Å². The van der Waals surface area contributed by atoms with Crippen LogP contribution in [0, 0.1) is 5.92 Å². The van der Waals surface area contributed by atoms with Crippen molar-refractivity contribution in [1.82, 2.24) is 15.5 Å². The van der Waals surface area contributed by atoms with Gasteiger partial charge in [0.1, 0.15) is 23.4 Å². The summed E-state index contributed by atoms with van der Waals surface area (Å²) in [7, 11) is 0. The van der Waals surface area contributed by atoms with Gasteiger partial charge in [0.15, 0.2) is 0 Å². The van der Waals surface area contributed by atoms with Gasteiger partial charge in [-0.05, 0) is 71.6 Å². The number of nitrogens with one attached hydrogen (secondary N) is 2. The van der Waals surface area contributed by atoms with Crippen LogP contribution in [0.1, 0.15) is 86.8 Å².